The lowest BCUT2D eigenvalue weighted by Gasteiger charge is -2.20. The summed E-state index contributed by atoms with van der Waals surface area (Å²) in [5.74, 6) is -1.42. The van der Waals surface area contributed by atoms with Crippen molar-refractivity contribution in [2.45, 2.75) is 31.5 Å². The lowest BCUT2D eigenvalue weighted by molar-refractivity contribution is -0.148. The molecule has 1 aromatic carbocycles. The lowest BCUT2D eigenvalue weighted by Crippen LogP contribution is -2.49. The van der Waals surface area contributed by atoms with Crippen LogP contribution in [0.15, 0.2) is 24.3 Å². The fourth-order valence-electron chi connectivity index (χ4n) is 2.33. The number of carbonyl (C=O) groups excluding carboxylic acids is 2. The zero-order valence-corrected chi connectivity index (χ0v) is 11.2. The van der Waals surface area contributed by atoms with Gasteiger partial charge in [-0.05, 0) is 18.1 Å². The maximum absolute atomic E-state index is 11.9. The quantitative estimate of drug-likeness (QED) is 0.516. The summed E-state index contributed by atoms with van der Waals surface area (Å²) in [4.78, 5) is 23.3. The summed E-state index contributed by atoms with van der Waals surface area (Å²) < 4.78 is 4.70. The minimum atomic E-state index is -1.38. The Morgan fingerprint density at radius 2 is 2.20 bits per heavy atom. The highest BCUT2D eigenvalue weighted by Gasteiger charge is 2.34. The average Bonchev–Trinajstić information content (AvgIpc) is 2.74. The Morgan fingerprint density at radius 3 is 2.90 bits per heavy atom. The van der Waals surface area contributed by atoms with Crippen LogP contribution in [0.5, 0.6) is 0 Å². The number of esters is 1. The van der Waals surface area contributed by atoms with E-state index in [1.54, 1.807) is 6.92 Å². The van der Waals surface area contributed by atoms with Crippen LogP contribution in [0.4, 0.5) is 0 Å². The summed E-state index contributed by atoms with van der Waals surface area (Å²) in [5.41, 5.74) is 7.35. The van der Waals surface area contributed by atoms with Gasteiger partial charge in [-0.15, -0.1) is 0 Å². The normalized spacial score (nSPS) is 21.9. The second-order valence-electron chi connectivity index (χ2n) is 4.69. The van der Waals surface area contributed by atoms with E-state index >= 15 is 0 Å². The van der Waals surface area contributed by atoms with Crippen LogP contribution in [0.3, 0.4) is 0 Å². The maximum Gasteiger partial charge on any atom is 0.332 e. The van der Waals surface area contributed by atoms with Gasteiger partial charge in [0.2, 0.25) is 5.91 Å². The first-order valence-electron chi connectivity index (χ1n) is 6.53. The number of aliphatic hydroxyl groups excluding tert-OH is 1. The number of benzene rings is 1. The molecule has 108 valence electrons. The largest absolute Gasteiger partial charge is 0.464 e. The van der Waals surface area contributed by atoms with Crippen molar-refractivity contribution in [1.82, 2.24) is 5.32 Å². The number of aliphatic hydroxyl groups is 1. The Labute approximate surface area is 116 Å². The van der Waals surface area contributed by atoms with Crippen molar-refractivity contribution in [3.63, 3.8) is 0 Å². The maximum atomic E-state index is 11.9. The lowest BCUT2D eigenvalue weighted by atomic mass is 10.1. The molecule has 0 aromatic heterocycles. The standard InChI is InChI=1S/C14H18N2O4/c1-2-20-14(19)11(15)13(18)16-12-9-6-4-3-5-8(9)7-10(12)17/h3-6,10-12,17H,2,7,15H2,1H3,(H,16,18)/t10-,11?,12+/m1/s1. The van der Waals surface area contributed by atoms with E-state index in [9.17, 15) is 14.7 Å². The molecule has 0 radical (unpaired) electrons. The van der Waals surface area contributed by atoms with Crippen molar-refractivity contribution >= 4 is 11.9 Å². The number of hydrogen-bond acceptors (Lipinski definition) is 5. The van der Waals surface area contributed by atoms with E-state index in [0.29, 0.717) is 6.42 Å². The molecule has 4 N–H and O–H groups in total. The molecule has 3 atom stereocenters. The van der Waals surface area contributed by atoms with Gasteiger partial charge in [0.25, 0.3) is 0 Å². The van der Waals surface area contributed by atoms with Crippen LogP contribution in [0.25, 0.3) is 0 Å². The van der Waals surface area contributed by atoms with E-state index < -0.39 is 30.1 Å². The molecule has 6 nitrogen and oxygen atoms in total. The molecule has 20 heavy (non-hydrogen) atoms. The third-order valence-electron chi connectivity index (χ3n) is 3.32. The van der Waals surface area contributed by atoms with Gasteiger partial charge in [0.15, 0.2) is 6.04 Å². The van der Waals surface area contributed by atoms with Crippen LogP contribution >= 0.6 is 0 Å². The average molecular weight is 278 g/mol. The molecule has 1 aliphatic rings. The van der Waals surface area contributed by atoms with Gasteiger partial charge in [-0.1, -0.05) is 24.3 Å². The van der Waals surface area contributed by atoms with E-state index in [1.807, 2.05) is 24.3 Å². The number of hydrogen-bond donors (Lipinski definition) is 3. The molecule has 0 heterocycles. The number of amides is 1. The summed E-state index contributed by atoms with van der Waals surface area (Å²) in [6.07, 6.45) is -0.249. The van der Waals surface area contributed by atoms with Crippen molar-refractivity contribution < 1.29 is 19.4 Å². The summed E-state index contributed by atoms with van der Waals surface area (Å²) in [5, 5.41) is 12.6. The Hall–Kier alpha value is -1.92. The molecule has 1 unspecified atom stereocenters. The molecule has 1 aliphatic carbocycles. The molecule has 6 heteroatoms. The molecule has 1 amide bonds. The first kappa shape index (κ1) is 14.5. The number of carbonyl (C=O) groups is 2. The highest BCUT2D eigenvalue weighted by atomic mass is 16.5. The van der Waals surface area contributed by atoms with Gasteiger partial charge in [-0.25, -0.2) is 4.79 Å². The second-order valence-corrected chi connectivity index (χ2v) is 4.69. The zero-order chi connectivity index (χ0) is 14.7. The van der Waals surface area contributed by atoms with E-state index in [0.717, 1.165) is 11.1 Å². The second kappa shape index (κ2) is 6.02. The number of ether oxygens (including phenoxy) is 1. The van der Waals surface area contributed by atoms with Crippen molar-refractivity contribution in [3.05, 3.63) is 35.4 Å². The smallest absolute Gasteiger partial charge is 0.332 e. The van der Waals surface area contributed by atoms with Gasteiger partial charge < -0.3 is 20.9 Å². The highest BCUT2D eigenvalue weighted by molar-refractivity contribution is 6.01. The van der Waals surface area contributed by atoms with Gasteiger partial charge in [0.1, 0.15) is 0 Å². The van der Waals surface area contributed by atoms with Crippen molar-refractivity contribution in [2.24, 2.45) is 5.73 Å². The molecule has 0 bridgehead atoms. The Kier molecular flexibility index (Phi) is 4.36. The Bertz CT molecular complexity index is 518. The molecule has 0 aliphatic heterocycles. The van der Waals surface area contributed by atoms with Crippen LogP contribution in [0, 0.1) is 0 Å². The third kappa shape index (κ3) is 2.81. The van der Waals surface area contributed by atoms with Crippen LogP contribution in [0.2, 0.25) is 0 Å². The number of nitrogens with two attached hydrogens (primary N) is 1. The third-order valence-corrected chi connectivity index (χ3v) is 3.32. The van der Waals surface area contributed by atoms with Crippen LogP contribution < -0.4 is 11.1 Å². The van der Waals surface area contributed by atoms with Crippen molar-refractivity contribution in [1.29, 1.82) is 0 Å². The minimum absolute atomic E-state index is 0.161. The van der Waals surface area contributed by atoms with Gasteiger partial charge in [-0.3, -0.25) is 4.79 Å². The van der Waals surface area contributed by atoms with Gasteiger partial charge in [0, 0.05) is 6.42 Å². The molecule has 0 fully saturated rings. The van der Waals surface area contributed by atoms with E-state index in [1.165, 1.54) is 0 Å². The number of nitrogens with one attached hydrogen (secondary N) is 1. The zero-order valence-electron chi connectivity index (χ0n) is 11.2. The van der Waals surface area contributed by atoms with Crippen LogP contribution in [-0.2, 0) is 20.7 Å². The molecule has 0 saturated carbocycles. The fraction of sp³-hybridized carbons (Fsp3) is 0.429. The molecular formula is C14H18N2O4. The summed E-state index contributed by atoms with van der Waals surface area (Å²) in [6.45, 7) is 1.80. The minimum Gasteiger partial charge on any atom is -0.464 e. The predicted molar refractivity (Wildman–Crippen MR) is 71.6 cm³/mol. The first-order valence-corrected chi connectivity index (χ1v) is 6.53. The molecular weight excluding hydrogens is 260 g/mol. The van der Waals surface area contributed by atoms with Crippen molar-refractivity contribution in [3.8, 4) is 0 Å². The summed E-state index contributed by atoms with van der Waals surface area (Å²) in [6, 6.07) is 5.53. The predicted octanol–water partition coefficient (Wildman–Crippen LogP) is -0.349. The summed E-state index contributed by atoms with van der Waals surface area (Å²) in [7, 11) is 0. The van der Waals surface area contributed by atoms with Gasteiger partial charge >= 0.3 is 5.97 Å². The fourth-order valence-corrected chi connectivity index (χ4v) is 2.33. The van der Waals surface area contributed by atoms with Crippen LogP contribution in [-0.4, -0.2) is 35.7 Å². The highest BCUT2D eigenvalue weighted by Crippen LogP contribution is 2.31. The van der Waals surface area contributed by atoms with E-state index in [-0.39, 0.29) is 6.61 Å². The monoisotopic (exact) mass is 278 g/mol. The van der Waals surface area contributed by atoms with Crippen LogP contribution in [0.1, 0.15) is 24.1 Å². The van der Waals surface area contributed by atoms with Gasteiger partial charge in [0.05, 0.1) is 18.8 Å². The SMILES string of the molecule is CCOC(=O)C(N)C(=O)N[C@H]1c2ccccc2C[C@H]1O. The van der Waals surface area contributed by atoms with Gasteiger partial charge in [-0.2, -0.15) is 0 Å². The number of fused-ring (bicyclic) bond motifs is 1. The van der Waals surface area contributed by atoms with Crippen molar-refractivity contribution in [2.75, 3.05) is 6.61 Å². The van der Waals surface area contributed by atoms with E-state index in [4.69, 9.17) is 10.5 Å². The van der Waals surface area contributed by atoms with E-state index in [2.05, 4.69) is 5.32 Å². The first-order chi connectivity index (χ1) is 9.54. The molecule has 0 spiro atoms. The molecule has 1 aromatic rings. The number of rotatable bonds is 4. The molecule has 2 rings (SSSR count). The topological polar surface area (TPSA) is 102 Å². The Balaban J connectivity index is 2.07. The molecule has 0 saturated heterocycles. The summed E-state index contributed by atoms with van der Waals surface area (Å²) >= 11 is 0. The Morgan fingerprint density at radius 1 is 1.50 bits per heavy atom.